The van der Waals surface area contributed by atoms with Crippen molar-refractivity contribution in [1.29, 1.82) is 0 Å². The highest BCUT2D eigenvalue weighted by molar-refractivity contribution is 5.82. The largest absolute Gasteiger partial charge is 0.463 e. The number of epoxide rings is 2. The van der Waals surface area contributed by atoms with Gasteiger partial charge in [-0.05, 0) is 119 Å². The quantitative estimate of drug-likeness (QED) is 0.144. The number of hydrogen-bond donors (Lipinski definition) is 0. The lowest BCUT2D eigenvalue weighted by atomic mass is 9.64. The van der Waals surface area contributed by atoms with Gasteiger partial charge >= 0.3 is 17.9 Å². The molecule has 0 amide bonds. The molecule has 13 atom stereocenters. The topological polar surface area (TPSA) is 104 Å². The fourth-order valence-corrected chi connectivity index (χ4v) is 10.0. The van der Waals surface area contributed by atoms with Gasteiger partial charge in [0.2, 0.25) is 0 Å². The Morgan fingerprint density at radius 3 is 1.93 bits per heavy atom. The minimum atomic E-state index is -0.520. The first-order valence-corrected chi connectivity index (χ1v) is 17.4. The Morgan fingerprint density at radius 2 is 1.37 bits per heavy atom. The predicted octanol–water partition coefficient (Wildman–Crippen LogP) is 5.60. The molecule has 242 valence electrons. The van der Waals surface area contributed by atoms with Gasteiger partial charge in [0, 0.05) is 0 Å². The lowest BCUT2D eigenvalue weighted by Gasteiger charge is -2.41. The van der Waals surface area contributed by atoms with Crippen LogP contribution in [-0.4, -0.2) is 62.1 Å². The van der Waals surface area contributed by atoms with Crippen molar-refractivity contribution in [3.63, 3.8) is 0 Å². The predicted molar refractivity (Wildman–Crippen MR) is 159 cm³/mol. The van der Waals surface area contributed by atoms with E-state index in [1.165, 1.54) is 19.3 Å². The minimum Gasteiger partial charge on any atom is -0.463 e. The van der Waals surface area contributed by atoms with Crippen LogP contribution in [0.25, 0.3) is 0 Å². The van der Waals surface area contributed by atoms with Crippen LogP contribution in [0.5, 0.6) is 0 Å². The molecule has 0 aromatic heterocycles. The van der Waals surface area contributed by atoms with Crippen molar-refractivity contribution in [2.75, 3.05) is 26.4 Å². The van der Waals surface area contributed by atoms with E-state index >= 15 is 0 Å². The zero-order valence-corrected chi connectivity index (χ0v) is 27.0. The summed E-state index contributed by atoms with van der Waals surface area (Å²) in [4.78, 5) is 40.3. The lowest BCUT2D eigenvalue weighted by Crippen LogP contribution is -2.39. The highest BCUT2D eigenvalue weighted by Crippen LogP contribution is 2.63. The summed E-state index contributed by atoms with van der Waals surface area (Å²) in [6, 6.07) is 0. The van der Waals surface area contributed by atoms with Crippen LogP contribution in [0.3, 0.4) is 0 Å². The van der Waals surface area contributed by atoms with Gasteiger partial charge in [0.1, 0.15) is 31.0 Å². The average Bonchev–Trinajstić information content (AvgIpc) is 3.82. The second-order valence-electron chi connectivity index (χ2n) is 15.7. The van der Waals surface area contributed by atoms with Gasteiger partial charge < -0.3 is 23.7 Å². The smallest absolute Gasteiger partial charge is 0.309 e. The minimum absolute atomic E-state index is 0.00704. The summed E-state index contributed by atoms with van der Waals surface area (Å²) in [6.45, 7) is 11.9. The van der Waals surface area contributed by atoms with Gasteiger partial charge in [-0.2, -0.15) is 0 Å². The van der Waals surface area contributed by atoms with E-state index in [0.29, 0.717) is 73.4 Å². The van der Waals surface area contributed by atoms with Crippen LogP contribution in [-0.2, 0) is 38.1 Å². The second kappa shape index (κ2) is 12.6. The van der Waals surface area contributed by atoms with Gasteiger partial charge in [0.05, 0.1) is 31.0 Å². The summed E-state index contributed by atoms with van der Waals surface area (Å²) in [5.41, 5.74) is -0.466. The fourth-order valence-electron chi connectivity index (χ4n) is 10.0. The Balaban J connectivity index is 1.19. The number of carbonyl (C=O) groups excluding carboxylic acids is 3. The molecule has 8 nitrogen and oxygen atoms in total. The molecule has 8 heteroatoms. The zero-order valence-electron chi connectivity index (χ0n) is 27.0. The van der Waals surface area contributed by atoms with E-state index in [-0.39, 0.29) is 49.2 Å². The number of fused-ring (bicyclic) bond motifs is 4. The number of hydrogen-bond acceptors (Lipinski definition) is 8. The third-order valence-corrected chi connectivity index (χ3v) is 12.0. The Morgan fingerprint density at radius 1 is 0.767 bits per heavy atom. The molecule has 6 rings (SSSR count). The fraction of sp³-hybridized carbons (Fsp3) is 0.914. The number of carbonyl (C=O) groups is 3. The zero-order chi connectivity index (χ0) is 30.5. The highest BCUT2D eigenvalue weighted by Gasteiger charge is 2.58. The van der Waals surface area contributed by atoms with Gasteiger partial charge in [0.25, 0.3) is 0 Å². The summed E-state index contributed by atoms with van der Waals surface area (Å²) >= 11 is 0. The van der Waals surface area contributed by atoms with Gasteiger partial charge in [0.15, 0.2) is 0 Å². The summed E-state index contributed by atoms with van der Waals surface area (Å²) in [5.74, 6) is 2.74. The first-order valence-electron chi connectivity index (χ1n) is 17.4. The van der Waals surface area contributed by atoms with E-state index in [9.17, 15) is 14.4 Å². The molecule has 2 heterocycles. The van der Waals surface area contributed by atoms with E-state index in [2.05, 4.69) is 6.92 Å². The molecule has 13 unspecified atom stereocenters. The molecular weight excluding hydrogens is 548 g/mol. The maximum atomic E-state index is 13.6. The summed E-state index contributed by atoms with van der Waals surface area (Å²) in [7, 11) is 0. The van der Waals surface area contributed by atoms with Crippen LogP contribution >= 0.6 is 0 Å². The molecular formula is C35H54O8. The monoisotopic (exact) mass is 602 g/mol. The molecule has 2 aliphatic heterocycles. The van der Waals surface area contributed by atoms with Crippen molar-refractivity contribution in [3.8, 4) is 0 Å². The first-order chi connectivity index (χ1) is 20.6. The van der Waals surface area contributed by atoms with Crippen LogP contribution in [0, 0.1) is 65.1 Å². The summed E-state index contributed by atoms with van der Waals surface area (Å²) in [6.07, 6.45) is 9.28. The molecule has 0 aromatic rings. The van der Waals surface area contributed by atoms with Crippen molar-refractivity contribution < 1.29 is 38.1 Å². The number of esters is 3. The molecule has 4 bridgehead atoms. The van der Waals surface area contributed by atoms with Crippen LogP contribution in [0.15, 0.2) is 0 Å². The number of rotatable bonds is 14. The summed E-state index contributed by atoms with van der Waals surface area (Å²) < 4.78 is 27.8. The highest BCUT2D eigenvalue weighted by atomic mass is 16.6. The van der Waals surface area contributed by atoms with Crippen molar-refractivity contribution in [3.05, 3.63) is 0 Å². The van der Waals surface area contributed by atoms with Gasteiger partial charge in [-0.3, -0.25) is 14.4 Å². The molecule has 0 aromatic carbocycles. The summed E-state index contributed by atoms with van der Waals surface area (Å²) in [5, 5.41) is 0. The van der Waals surface area contributed by atoms with Crippen LogP contribution in [0.1, 0.15) is 92.4 Å². The maximum absolute atomic E-state index is 13.6. The van der Waals surface area contributed by atoms with Crippen LogP contribution in [0.4, 0.5) is 0 Å². The van der Waals surface area contributed by atoms with Crippen molar-refractivity contribution in [2.45, 2.75) is 110 Å². The van der Waals surface area contributed by atoms with Gasteiger partial charge in [-0.15, -0.1) is 0 Å². The molecule has 43 heavy (non-hydrogen) atoms. The Hall–Kier alpha value is -1.67. The van der Waals surface area contributed by atoms with E-state index in [1.807, 2.05) is 27.7 Å². The third-order valence-electron chi connectivity index (χ3n) is 12.0. The number of ether oxygens (including phenoxy) is 5. The lowest BCUT2D eigenvalue weighted by molar-refractivity contribution is -0.163. The van der Waals surface area contributed by atoms with E-state index in [1.54, 1.807) is 0 Å². The van der Waals surface area contributed by atoms with Crippen molar-refractivity contribution in [2.24, 2.45) is 65.1 Å². The van der Waals surface area contributed by atoms with Gasteiger partial charge in [-0.25, -0.2) is 0 Å². The standard InChI is InChI=1S/C35H54O8/c1-6-24-21-11-28(30(12-21)34(38)43-35(3,4)5)29(24)13-26-19-8-9-20(10-19)27(26)14-31(33(37)42-18-23-16-40-23)25(7-2)32(36)41-17-22-15-39-22/h19-31H,6-18H2,1-5H3. The van der Waals surface area contributed by atoms with Crippen molar-refractivity contribution in [1.82, 2.24) is 0 Å². The van der Waals surface area contributed by atoms with Crippen molar-refractivity contribution >= 4 is 17.9 Å². The molecule has 6 aliphatic rings. The Labute approximate surface area is 257 Å². The van der Waals surface area contributed by atoms with Gasteiger partial charge in [-0.1, -0.05) is 20.3 Å². The molecule has 0 spiro atoms. The third kappa shape index (κ3) is 6.95. The Kier molecular flexibility index (Phi) is 9.19. The maximum Gasteiger partial charge on any atom is 0.309 e. The molecule has 4 saturated carbocycles. The van der Waals surface area contributed by atoms with E-state index in [4.69, 9.17) is 23.7 Å². The molecule has 4 aliphatic carbocycles. The van der Waals surface area contributed by atoms with Crippen LogP contribution < -0.4 is 0 Å². The Bertz CT molecular complexity index is 1030. The molecule has 2 saturated heterocycles. The van der Waals surface area contributed by atoms with E-state index in [0.717, 1.165) is 25.7 Å². The second-order valence-corrected chi connectivity index (χ2v) is 15.7. The SMILES string of the molecule is CCC(C(=O)OCC1CO1)C(CC1C2CCC(C2)C1CC1C(CC)C2CC(C(=O)OC(C)(C)C)C1C2)C(=O)OCC1CO1. The van der Waals surface area contributed by atoms with Crippen LogP contribution in [0.2, 0.25) is 0 Å². The molecule has 6 fully saturated rings. The normalized spacial score (nSPS) is 40.3. The molecule has 0 N–H and O–H groups in total. The first kappa shape index (κ1) is 31.3. The average molecular weight is 603 g/mol. The van der Waals surface area contributed by atoms with E-state index < -0.39 is 17.4 Å². The molecule has 0 radical (unpaired) electrons.